The summed E-state index contributed by atoms with van der Waals surface area (Å²) in [5.41, 5.74) is 1.85. The summed E-state index contributed by atoms with van der Waals surface area (Å²) in [7, 11) is 2.94. The maximum absolute atomic E-state index is 13.1. The lowest BCUT2D eigenvalue weighted by atomic mass is 9.80. The van der Waals surface area contributed by atoms with Gasteiger partial charge in [0.2, 0.25) is 0 Å². The zero-order chi connectivity index (χ0) is 22.7. The highest BCUT2D eigenvalue weighted by atomic mass is 16.7. The first-order chi connectivity index (χ1) is 13.8. The van der Waals surface area contributed by atoms with E-state index in [1.54, 1.807) is 14.2 Å². The van der Waals surface area contributed by atoms with Crippen LogP contribution in [0.1, 0.15) is 75.5 Å². The summed E-state index contributed by atoms with van der Waals surface area (Å²) >= 11 is 0. The molecule has 2 rings (SSSR count). The van der Waals surface area contributed by atoms with Crippen LogP contribution in [-0.4, -0.2) is 44.1 Å². The third-order valence-electron chi connectivity index (χ3n) is 5.64. The maximum Gasteiger partial charge on any atom is 0.458 e. The van der Waals surface area contributed by atoms with Gasteiger partial charge in [0.1, 0.15) is 5.60 Å². The molecule has 0 atom stereocenters. The standard InChI is InChI=1S/C23H37BO6/c1-21(2,3)28-20(25)19-17(14-26-8)11-10-16(18(19)15-27-9)12-13-24-29-22(4,5)23(6,7)30-24/h10-11H,12-15H2,1-9H3. The van der Waals surface area contributed by atoms with Crippen LogP contribution in [0, 0.1) is 0 Å². The molecule has 0 bridgehead atoms. The topological polar surface area (TPSA) is 63.2 Å². The van der Waals surface area contributed by atoms with E-state index in [-0.39, 0.29) is 24.3 Å². The number of rotatable bonds is 8. The summed E-state index contributed by atoms with van der Waals surface area (Å²) in [6.07, 6.45) is 1.37. The molecular formula is C23H37BO6. The number of esters is 1. The fraction of sp³-hybridized carbons (Fsp3) is 0.696. The predicted octanol–water partition coefficient (Wildman–Crippen LogP) is 4.57. The van der Waals surface area contributed by atoms with Crippen molar-refractivity contribution in [2.45, 2.75) is 91.2 Å². The van der Waals surface area contributed by atoms with E-state index in [4.69, 9.17) is 23.5 Å². The third-order valence-corrected chi connectivity index (χ3v) is 5.64. The van der Waals surface area contributed by atoms with Gasteiger partial charge in [0, 0.05) is 14.2 Å². The number of hydrogen-bond donors (Lipinski definition) is 0. The Hall–Kier alpha value is -1.41. The summed E-state index contributed by atoms with van der Waals surface area (Å²) in [4.78, 5) is 13.1. The Labute approximate surface area is 181 Å². The highest BCUT2D eigenvalue weighted by Crippen LogP contribution is 2.38. The van der Waals surface area contributed by atoms with Crippen LogP contribution in [0.25, 0.3) is 0 Å². The van der Waals surface area contributed by atoms with Crippen LogP contribution in [0.15, 0.2) is 12.1 Å². The lowest BCUT2D eigenvalue weighted by molar-refractivity contribution is 0.00578. The van der Waals surface area contributed by atoms with Gasteiger partial charge < -0.3 is 23.5 Å². The Morgan fingerprint density at radius 1 is 0.967 bits per heavy atom. The van der Waals surface area contributed by atoms with E-state index in [1.807, 2.05) is 60.6 Å². The van der Waals surface area contributed by atoms with Gasteiger partial charge in [-0.25, -0.2) is 4.79 Å². The van der Waals surface area contributed by atoms with Crippen molar-refractivity contribution in [1.29, 1.82) is 0 Å². The Morgan fingerprint density at radius 3 is 2.00 bits per heavy atom. The van der Waals surface area contributed by atoms with E-state index in [9.17, 15) is 4.79 Å². The van der Waals surface area contributed by atoms with Crippen molar-refractivity contribution in [3.63, 3.8) is 0 Å². The number of benzene rings is 1. The molecule has 30 heavy (non-hydrogen) atoms. The normalized spacial score (nSPS) is 18.0. The van der Waals surface area contributed by atoms with Crippen LogP contribution in [0.3, 0.4) is 0 Å². The summed E-state index contributed by atoms with van der Waals surface area (Å²) in [5, 5.41) is 0. The molecule has 1 heterocycles. The van der Waals surface area contributed by atoms with Crippen molar-refractivity contribution in [1.82, 2.24) is 0 Å². The Morgan fingerprint density at radius 2 is 1.50 bits per heavy atom. The number of aryl methyl sites for hydroxylation is 1. The number of carbonyl (C=O) groups excluding carboxylic acids is 1. The molecular weight excluding hydrogens is 383 g/mol. The van der Waals surface area contributed by atoms with Crippen molar-refractivity contribution >= 4 is 13.1 Å². The molecule has 0 aromatic heterocycles. The third kappa shape index (κ3) is 5.85. The largest absolute Gasteiger partial charge is 0.458 e. The average molecular weight is 420 g/mol. The van der Waals surface area contributed by atoms with Gasteiger partial charge in [0.25, 0.3) is 0 Å². The van der Waals surface area contributed by atoms with Crippen LogP contribution in [0.5, 0.6) is 0 Å². The van der Waals surface area contributed by atoms with Crippen LogP contribution in [0.4, 0.5) is 0 Å². The second-order valence-electron chi connectivity index (χ2n) is 9.83. The second kappa shape index (κ2) is 9.39. The molecule has 1 aromatic rings. The van der Waals surface area contributed by atoms with Gasteiger partial charge in [0.05, 0.1) is 30.0 Å². The Balaban J connectivity index is 2.33. The minimum absolute atomic E-state index is 0.297. The quantitative estimate of drug-likeness (QED) is 0.454. The first-order valence-electron chi connectivity index (χ1n) is 10.5. The SMILES string of the molecule is COCc1ccc(CCB2OC(C)(C)C(C)(C)O2)c(COC)c1C(=O)OC(C)(C)C. The summed E-state index contributed by atoms with van der Waals surface area (Å²) < 4.78 is 28.7. The summed E-state index contributed by atoms with van der Waals surface area (Å²) in [6.45, 7) is 14.4. The van der Waals surface area contributed by atoms with Crippen molar-refractivity contribution in [2.24, 2.45) is 0 Å². The van der Waals surface area contributed by atoms with Crippen LogP contribution in [-0.2, 0) is 43.2 Å². The summed E-state index contributed by atoms with van der Waals surface area (Å²) in [6, 6.07) is 3.96. The Kier molecular flexibility index (Phi) is 7.78. The lowest BCUT2D eigenvalue weighted by Crippen LogP contribution is -2.41. The Bertz CT molecular complexity index is 735. The molecule has 0 N–H and O–H groups in total. The molecule has 1 aliphatic rings. The molecule has 1 aromatic carbocycles. The minimum atomic E-state index is -0.593. The molecule has 168 valence electrons. The second-order valence-corrected chi connectivity index (χ2v) is 9.83. The predicted molar refractivity (Wildman–Crippen MR) is 118 cm³/mol. The van der Waals surface area contributed by atoms with Crippen molar-refractivity contribution in [3.05, 3.63) is 34.4 Å². The lowest BCUT2D eigenvalue weighted by Gasteiger charge is -2.32. The van der Waals surface area contributed by atoms with Crippen LogP contribution in [0.2, 0.25) is 6.32 Å². The minimum Gasteiger partial charge on any atom is -0.456 e. The van der Waals surface area contributed by atoms with E-state index in [0.29, 0.717) is 31.5 Å². The number of hydrogen-bond acceptors (Lipinski definition) is 6. The first-order valence-corrected chi connectivity index (χ1v) is 10.5. The zero-order valence-electron chi connectivity index (χ0n) is 20.0. The highest BCUT2D eigenvalue weighted by molar-refractivity contribution is 6.45. The smallest absolute Gasteiger partial charge is 0.456 e. The molecule has 0 radical (unpaired) electrons. The summed E-state index contributed by atoms with van der Waals surface area (Å²) in [5.74, 6) is -0.362. The molecule has 1 aliphatic heterocycles. The molecule has 0 unspecified atom stereocenters. The van der Waals surface area contributed by atoms with E-state index < -0.39 is 5.60 Å². The van der Waals surface area contributed by atoms with Crippen molar-refractivity contribution in [2.75, 3.05) is 14.2 Å². The van der Waals surface area contributed by atoms with Gasteiger partial charge >= 0.3 is 13.1 Å². The zero-order valence-corrected chi connectivity index (χ0v) is 20.0. The number of carbonyl (C=O) groups is 1. The molecule has 0 spiro atoms. The van der Waals surface area contributed by atoms with E-state index in [1.165, 1.54) is 0 Å². The molecule has 0 amide bonds. The molecule has 6 nitrogen and oxygen atoms in total. The van der Waals surface area contributed by atoms with E-state index in [0.717, 1.165) is 16.7 Å². The van der Waals surface area contributed by atoms with Crippen LogP contribution >= 0.6 is 0 Å². The van der Waals surface area contributed by atoms with E-state index in [2.05, 4.69) is 0 Å². The first kappa shape index (κ1) is 24.9. The van der Waals surface area contributed by atoms with Gasteiger partial charge in [-0.1, -0.05) is 12.1 Å². The van der Waals surface area contributed by atoms with Gasteiger partial charge in [-0.15, -0.1) is 0 Å². The molecule has 1 fully saturated rings. The maximum atomic E-state index is 13.1. The van der Waals surface area contributed by atoms with Crippen molar-refractivity contribution in [3.8, 4) is 0 Å². The number of methoxy groups -OCH3 is 2. The molecule has 0 saturated carbocycles. The van der Waals surface area contributed by atoms with Gasteiger partial charge in [0.15, 0.2) is 0 Å². The van der Waals surface area contributed by atoms with Gasteiger partial charge in [-0.2, -0.15) is 0 Å². The molecule has 0 aliphatic carbocycles. The number of ether oxygens (including phenoxy) is 3. The van der Waals surface area contributed by atoms with Crippen LogP contribution < -0.4 is 0 Å². The molecule has 7 heteroatoms. The average Bonchev–Trinajstić information content (AvgIpc) is 2.80. The monoisotopic (exact) mass is 420 g/mol. The fourth-order valence-electron chi connectivity index (χ4n) is 3.50. The fourth-order valence-corrected chi connectivity index (χ4v) is 3.50. The highest BCUT2D eigenvalue weighted by Gasteiger charge is 2.50. The van der Waals surface area contributed by atoms with Gasteiger partial charge in [-0.3, -0.25) is 0 Å². The van der Waals surface area contributed by atoms with Gasteiger partial charge in [-0.05, 0) is 77.9 Å². The van der Waals surface area contributed by atoms with E-state index >= 15 is 0 Å². The van der Waals surface area contributed by atoms with Crippen molar-refractivity contribution < 1.29 is 28.3 Å². The molecule has 1 saturated heterocycles.